The number of aliphatic hydroxyl groups excluding tert-OH is 4. The molecule has 0 spiro atoms. The summed E-state index contributed by atoms with van der Waals surface area (Å²) in [6.45, 7) is 12.4. The summed E-state index contributed by atoms with van der Waals surface area (Å²) in [5.74, 6) is -0.521. The van der Waals surface area contributed by atoms with Crippen LogP contribution < -0.4 is 10.6 Å². The Labute approximate surface area is 454 Å². The van der Waals surface area contributed by atoms with Gasteiger partial charge in [0.05, 0.1) is 37.8 Å². The first-order valence-electron chi connectivity index (χ1n) is 28.2. The topological polar surface area (TPSA) is 164 Å². The largest absolute Gasteiger partial charge is 0.472 e. The minimum Gasteiger partial charge on any atom is -0.472 e. The zero-order valence-corrected chi connectivity index (χ0v) is 46.7. The van der Waals surface area contributed by atoms with Crippen LogP contribution in [0.2, 0.25) is 0 Å². The fourth-order valence-electron chi connectivity index (χ4n) is 7.75. The fourth-order valence-corrected chi connectivity index (χ4v) is 7.75. The molecule has 0 bridgehead atoms. The standard InChI is InChI=1S/C63H100N4O8/c1-6-10-14-18-22-26-28-32-36-44-56(68)51-66(52-59(69)55(5)43-35-31-27-23-19-15-11-7-2)47-39-37-45-57-62(72)65-58(63(73)64-57)46-38-40-48-67(53-60(70)74-49-41-33-29-24-20-16-12-8-3)54-61(71)75-50-42-34-30-25-21-17-13-9-4/h10-17,22-27,29-30,32,35,41-44,49-50,55-61,68-71H,6-9,18-21,28,31,33-34,37-40,45-48,51-54H2,1-5H3,(H,64,73)(H,65,72)/b14-10-,15-11-,16-12-,17-13-,26-22-,27-23-,29-24-,30-25-,43-35-,49-41-,50-42-. The number of hydrogen-bond donors (Lipinski definition) is 6. The van der Waals surface area contributed by atoms with Gasteiger partial charge in [-0.1, -0.05) is 144 Å². The second-order valence-electron chi connectivity index (χ2n) is 18.8. The van der Waals surface area contributed by atoms with E-state index in [1.807, 2.05) is 48.3 Å². The van der Waals surface area contributed by atoms with E-state index < -0.39 is 36.9 Å². The Morgan fingerprint density at radius 1 is 0.493 bits per heavy atom. The van der Waals surface area contributed by atoms with Crippen molar-refractivity contribution in [3.8, 4) is 0 Å². The number of nitrogens with one attached hydrogen (secondary N) is 2. The zero-order chi connectivity index (χ0) is 54.8. The van der Waals surface area contributed by atoms with Crippen molar-refractivity contribution >= 4 is 11.8 Å². The molecule has 1 aliphatic heterocycles. The number of unbranched alkanes of at least 4 members (excludes halogenated alkanes) is 2. The summed E-state index contributed by atoms with van der Waals surface area (Å²) in [4.78, 5) is 30.5. The molecule has 12 heteroatoms. The number of amides is 2. The minimum absolute atomic E-state index is 0.0901. The first kappa shape index (κ1) is 68.0. The minimum atomic E-state index is -1.14. The molecule has 0 aromatic rings. The van der Waals surface area contributed by atoms with Crippen molar-refractivity contribution in [2.75, 3.05) is 39.3 Å². The van der Waals surface area contributed by atoms with Gasteiger partial charge in [0.1, 0.15) is 12.1 Å². The maximum Gasteiger partial charge on any atom is 0.243 e. The predicted octanol–water partition coefficient (Wildman–Crippen LogP) is 11.4. The third-order valence-electron chi connectivity index (χ3n) is 12.0. The van der Waals surface area contributed by atoms with E-state index in [1.54, 1.807) is 6.08 Å². The highest BCUT2D eigenvalue weighted by atomic mass is 16.6. The van der Waals surface area contributed by atoms with Gasteiger partial charge in [0.25, 0.3) is 0 Å². The fraction of sp³-hybridized carbons (Fsp3) is 0.571. The molecule has 7 unspecified atom stereocenters. The molecular formula is C63H100N4O8. The van der Waals surface area contributed by atoms with Gasteiger partial charge < -0.3 is 40.5 Å². The number of carbonyl (C=O) groups is 2. The van der Waals surface area contributed by atoms with Gasteiger partial charge in [0.15, 0.2) is 0 Å². The molecule has 420 valence electrons. The molecule has 12 nitrogen and oxygen atoms in total. The van der Waals surface area contributed by atoms with Crippen LogP contribution in [-0.2, 0) is 19.1 Å². The number of rotatable bonds is 45. The Balaban J connectivity index is 2.80. The van der Waals surface area contributed by atoms with Crippen LogP contribution in [0.1, 0.15) is 150 Å². The SMILES string of the molecule is CC/C=C\C/C=C\CC=C=CC(O)CN(CCCCC1NC(=O)C(CCCCN(CC(O)O/C=C\C/C=C\C/C=C\CC)CC(O)O/C=C\C/C=C\C/C=C\CC)NC1=O)CC(O)C(C)/C=C\C/C=C\C/C=C\CC. The summed E-state index contributed by atoms with van der Waals surface area (Å²) >= 11 is 0. The normalized spacial score (nSPS) is 18.0. The molecule has 1 saturated heterocycles. The average Bonchev–Trinajstić information content (AvgIpc) is 3.39. The summed E-state index contributed by atoms with van der Waals surface area (Å²) in [7, 11) is 0. The lowest BCUT2D eigenvalue weighted by atomic mass is 10.0. The van der Waals surface area contributed by atoms with Gasteiger partial charge in [-0.3, -0.25) is 19.4 Å². The summed E-state index contributed by atoms with van der Waals surface area (Å²) in [6, 6.07) is -1.31. The number of allylic oxidation sites excluding steroid dienone is 19. The van der Waals surface area contributed by atoms with Crippen LogP contribution in [0.4, 0.5) is 0 Å². The molecule has 2 amide bonds. The lowest BCUT2D eigenvalue weighted by Gasteiger charge is -2.31. The van der Waals surface area contributed by atoms with Crippen LogP contribution in [0.25, 0.3) is 0 Å². The van der Waals surface area contributed by atoms with Crippen molar-refractivity contribution in [2.45, 2.75) is 187 Å². The van der Waals surface area contributed by atoms with E-state index in [1.165, 1.54) is 12.5 Å². The van der Waals surface area contributed by atoms with E-state index in [0.29, 0.717) is 77.5 Å². The Bertz CT molecular complexity index is 1810. The van der Waals surface area contributed by atoms with Crippen LogP contribution in [0.3, 0.4) is 0 Å². The summed E-state index contributed by atoms with van der Waals surface area (Å²) in [6.07, 6.45) is 58.3. The molecule has 0 aromatic heterocycles. The molecule has 1 aliphatic rings. The molecule has 7 atom stereocenters. The van der Waals surface area contributed by atoms with Gasteiger partial charge in [-0.15, -0.1) is 5.73 Å². The molecule has 0 radical (unpaired) electrons. The molecule has 0 aliphatic carbocycles. The maximum absolute atomic E-state index is 13.3. The molecule has 1 heterocycles. The van der Waals surface area contributed by atoms with Gasteiger partial charge in [0, 0.05) is 19.0 Å². The van der Waals surface area contributed by atoms with Crippen molar-refractivity contribution in [1.82, 2.24) is 20.4 Å². The highest BCUT2D eigenvalue weighted by Crippen LogP contribution is 2.14. The van der Waals surface area contributed by atoms with Crippen LogP contribution in [0, 0.1) is 5.92 Å². The van der Waals surface area contributed by atoms with E-state index in [2.05, 4.69) is 140 Å². The van der Waals surface area contributed by atoms with E-state index in [0.717, 1.165) is 64.2 Å². The monoisotopic (exact) mass is 1040 g/mol. The third-order valence-corrected chi connectivity index (χ3v) is 12.0. The number of ether oxygens (including phenoxy) is 2. The molecule has 0 saturated carbocycles. The second kappa shape index (κ2) is 48.6. The van der Waals surface area contributed by atoms with Crippen molar-refractivity contribution in [1.29, 1.82) is 0 Å². The molecular weight excluding hydrogens is 941 g/mol. The van der Waals surface area contributed by atoms with Crippen LogP contribution >= 0.6 is 0 Å². The lowest BCUT2D eigenvalue weighted by molar-refractivity contribution is -0.137. The van der Waals surface area contributed by atoms with E-state index in [-0.39, 0.29) is 30.8 Å². The van der Waals surface area contributed by atoms with Crippen molar-refractivity contribution in [2.24, 2.45) is 5.92 Å². The summed E-state index contributed by atoms with van der Waals surface area (Å²) < 4.78 is 11.1. The van der Waals surface area contributed by atoms with Gasteiger partial charge in [-0.25, -0.2) is 0 Å². The Morgan fingerprint density at radius 2 is 0.867 bits per heavy atom. The van der Waals surface area contributed by atoms with Gasteiger partial charge in [-0.05, 0) is 153 Å². The van der Waals surface area contributed by atoms with Crippen LogP contribution in [-0.4, -0.2) is 118 Å². The van der Waals surface area contributed by atoms with Crippen LogP contribution in [0.15, 0.2) is 152 Å². The third kappa shape index (κ3) is 40.0. The smallest absolute Gasteiger partial charge is 0.243 e. The zero-order valence-electron chi connectivity index (χ0n) is 46.7. The van der Waals surface area contributed by atoms with E-state index in [9.17, 15) is 30.0 Å². The summed E-state index contributed by atoms with van der Waals surface area (Å²) in [5.41, 5.74) is 3.11. The first-order chi connectivity index (χ1) is 36.5. The Morgan fingerprint density at radius 3 is 1.29 bits per heavy atom. The summed E-state index contributed by atoms with van der Waals surface area (Å²) in [5, 5.41) is 49.5. The number of aliphatic hydroxyl groups is 4. The average molecular weight is 1040 g/mol. The highest BCUT2D eigenvalue weighted by molar-refractivity contribution is 5.96. The highest BCUT2D eigenvalue weighted by Gasteiger charge is 2.33. The first-order valence-corrected chi connectivity index (χ1v) is 28.2. The Kier molecular flexibility index (Phi) is 44.0. The molecule has 0 aromatic carbocycles. The van der Waals surface area contributed by atoms with Gasteiger partial charge >= 0.3 is 0 Å². The molecule has 1 rings (SSSR count). The number of hydrogen-bond acceptors (Lipinski definition) is 10. The molecule has 6 N–H and O–H groups in total. The van der Waals surface area contributed by atoms with Crippen LogP contribution in [0.5, 0.6) is 0 Å². The van der Waals surface area contributed by atoms with E-state index >= 15 is 0 Å². The number of piperazine rings is 1. The molecule has 1 fully saturated rings. The lowest BCUT2D eigenvalue weighted by Crippen LogP contribution is -2.61. The maximum atomic E-state index is 13.3. The number of nitrogens with zero attached hydrogens (tertiary/aromatic N) is 2. The van der Waals surface area contributed by atoms with Crippen molar-refractivity contribution in [3.63, 3.8) is 0 Å². The quantitative estimate of drug-likeness (QED) is 0.0114. The van der Waals surface area contributed by atoms with Gasteiger partial charge in [0.2, 0.25) is 24.4 Å². The van der Waals surface area contributed by atoms with Gasteiger partial charge in [-0.2, -0.15) is 0 Å². The predicted molar refractivity (Wildman–Crippen MR) is 311 cm³/mol. The molecule has 75 heavy (non-hydrogen) atoms. The number of carbonyl (C=O) groups excluding carboxylic acids is 2. The second-order valence-corrected chi connectivity index (χ2v) is 18.8. The Hall–Kier alpha value is -5.04. The van der Waals surface area contributed by atoms with Crippen molar-refractivity contribution < 1.29 is 39.5 Å². The van der Waals surface area contributed by atoms with E-state index in [4.69, 9.17) is 9.47 Å². The van der Waals surface area contributed by atoms with Crippen molar-refractivity contribution in [3.05, 3.63) is 152 Å².